The number of aryl methyl sites for hydroxylation is 1. The van der Waals surface area contributed by atoms with E-state index in [1.165, 1.54) is 0 Å². The molecule has 0 aliphatic carbocycles. The zero-order chi connectivity index (χ0) is 19.9. The third kappa shape index (κ3) is 7.49. The first kappa shape index (κ1) is 24.0. The van der Waals surface area contributed by atoms with Crippen molar-refractivity contribution in [3.8, 4) is 5.75 Å². The number of rotatable bonds is 6. The highest BCUT2D eigenvalue weighted by atomic mass is 127. The van der Waals surface area contributed by atoms with Crippen LogP contribution in [0.5, 0.6) is 5.75 Å². The van der Waals surface area contributed by atoms with E-state index in [9.17, 15) is 0 Å². The van der Waals surface area contributed by atoms with Gasteiger partial charge in [0.05, 0.1) is 6.61 Å². The third-order valence-electron chi connectivity index (χ3n) is 4.51. The summed E-state index contributed by atoms with van der Waals surface area (Å²) < 4.78 is 10.9. The minimum atomic E-state index is 0. The molecule has 0 unspecified atom stereocenters. The van der Waals surface area contributed by atoms with E-state index in [2.05, 4.69) is 32.3 Å². The fourth-order valence-electron chi connectivity index (χ4n) is 3.11. The third-order valence-corrected chi connectivity index (χ3v) is 4.95. The van der Waals surface area contributed by atoms with Gasteiger partial charge in [-0.2, -0.15) is 4.98 Å². The van der Waals surface area contributed by atoms with E-state index in [1.54, 1.807) is 25.1 Å². The Morgan fingerprint density at radius 1 is 1.28 bits per heavy atom. The van der Waals surface area contributed by atoms with E-state index >= 15 is 0 Å². The Hall–Kier alpha value is -1.26. The van der Waals surface area contributed by atoms with Crippen LogP contribution in [0.3, 0.4) is 0 Å². The van der Waals surface area contributed by atoms with Crippen LogP contribution in [-0.2, 0) is 6.54 Å². The van der Waals surface area contributed by atoms with Crippen molar-refractivity contribution in [1.82, 2.24) is 20.4 Å². The molecule has 0 radical (unpaired) electrons. The maximum absolute atomic E-state index is 6.02. The van der Waals surface area contributed by atoms with E-state index in [-0.39, 0.29) is 24.0 Å². The smallest absolute Gasteiger partial charge is 0.223 e. The second-order valence-corrected chi connectivity index (χ2v) is 7.62. The molecule has 1 fully saturated rings. The molecular weight excluding hydrogens is 528 g/mol. The van der Waals surface area contributed by atoms with Crippen molar-refractivity contribution in [1.29, 1.82) is 0 Å². The van der Waals surface area contributed by atoms with Crippen molar-refractivity contribution >= 4 is 53.1 Å². The first-order valence-corrected chi connectivity index (χ1v) is 10.2. The number of hydrogen-bond donors (Lipinski definition) is 1. The van der Waals surface area contributed by atoms with Gasteiger partial charge in [0, 0.05) is 36.6 Å². The normalized spacial score (nSPS) is 15.2. The second-order valence-electron chi connectivity index (χ2n) is 6.75. The molecule has 0 spiro atoms. The lowest BCUT2D eigenvalue weighted by molar-refractivity contribution is 0.179. The Balaban J connectivity index is 0.00000300. The highest BCUT2D eigenvalue weighted by molar-refractivity contribution is 14.0. The summed E-state index contributed by atoms with van der Waals surface area (Å²) >= 11 is 12.0. The second kappa shape index (κ2) is 11.8. The minimum absolute atomic E-state index is 0. The van der Waals surface area contributed by atoms with Gasteiger partial charge in [0.1, 0.15) is 12.3 Å². The van der Waals surface area contributed by atoms with E-state index in [1.807, 2.05) is 0 Å². The number of guanidine groups is 1. The maximum atomic E-state index is 6.02. The van der Waals surface area contributed by atoms with Crippen LogP contribution < -0.4 is 10.1 Å². The van der Waals surface area contributed by atoms with Gasteiger partial charge in [-0.05, 0) is 43.9 Å². The topological polar surface area (TPSA) is 75.8 Å². The van der Waals surface area contributed by atoms with Gasteiger partial charge in [0.2, 0.25) is 5.89 Å². The van der Waals surface area contributed by atoms with Gasteiger partial charge in [0.25, 0.3) is 0 Å². The molecule has 1 saturated heterocycles. The van der Waals surface area contributed by atoms with Gasteiger partial charge in [-0.1, -0.05) is 28.4 Å². The van der Waals surface area contributed by atoms with Crippen LogP contribution in [0.2, 0.25) is 10.0 Å². The molecule has 3 rings (SSSR count). The highest BCUT2D eigenvalue weighted by Crippen LogP contribution is 2.26. The number of nitrogens with zero attached hydrogens (tertiary/aromatic N) is 4. The van der Waals surface area contributed by atoms with Crippen molar-refractivity contribution in [3.05, 3.63) is 40.0 Å². The fourth-order valence-corrected chi connectivity index (χ4v) is 3.62. The van der Waals surface area contributed by atoms with Gasteiger partial charge < -0.3 is 19.5 Å². The summed E-state index contributed by atoms with van der Waals surface area (Å²) in [7, 11) is 0. The van der Waals surface area contributed by atoms with Crippen molar-refractivity contribution < 1.29 is 9.26 Å². The Morgan fingerprint density at radius 2 is 1.97 bits per heavy atom. The lowest BCUT2D eigenvalue weighted by Gasteiger charge is -2.34. The molecule has 0 atom stereocenters. The Labute approximate surface area is 198 Å². The lowest BCUT2D eigenvalue weighted by Crippen LogP contribution is -2.46. The summed E-state index contributed by atoms with van der Waals surface area (Å²) in [5.41, 5.74) is 0. The van der Waals surface area contributed by atoms with Crippen molar-refractivity contribution in [2.45, 2.75) is 33.2 Å². The molecule has 1 N–H and O–H groups in total. The highest BCUT2D eigenvalue weighted by Gasteiger charge is 2.22. The van der Waals surface area contributed by atoms with Crippen LogP contribution in [0.4, 0.5) is 0 Å². The first-order chi connectivity index (χ1) is 13.5. The number of ether oxygens (including phenoxy) is 1. The van der Waals surface area contributed by atoms with E-state index in [0.717, 1.165) is 38.4 Å². The standard InChI is InChI=1S/C19H25Cl2N5O2.HI/c1-3-22-19(23-11-18-24-13(2)28-25-18)26-6-4-14(5-7-26)12-27-17-9-15(20)8-16(21)10-17;/h8-10,14H,3-7,11-12H2,1-2H3,(H,22,23);1H. The Bertz CT molecular complexity index is 789. The Kier molecular flexibility index (Phi) is 9.78. The molecule has 10 heteroatoms. The predicted octanol–water partition coefficient (Wildman–Crippen LogP) is 4.56. The average molecular weight is 554 g/mol. The first-order valence-electron chi connectivity index (χ1n) is 9.45. The van der Waals surface area contributed by atoms with Gasteiger partial charge in [-0.25, -0.2) is 4.99 Å². The molecule has 1 aliphatic heterocycles. The molecule has 0 bridgehead atoms. The largest absolute Gasteiger partial charge is 0.493 e. The molecule has 160 valence electrons. The molecule has 1 aromatic heterocycles. The number of likely N-dealkylation sites (tertiary alicyclic amines) is 1. The number of nitrogens with one attached hydrogen (secondary N) is 1. The summed E-state index contributed by atoms with van der Waals surface area (Å²) in [4.78, 5) is 11.1. The number of aliphatic imine (C=N–C) groups is 1. The van der Waals surface area contributed by atoms with Crippen LogP contribution in [0.1, 0.15) is 31.5 Å². The SMILES string of the molecule is CCNC(=NCc1noc(C)n1)N1CCC(COc2cc(Cl)cc(Cl)c2)CC1.I. The average Bonchev–Trinajstić information content (AvgIpc) is 3.08. The summed E-state index contributed by atoms with van der Waals surface area (Å²) in [5.74, 6) is 3.22. The van der Waals surface area contributed by atoms with Crippen LogP contribution in [0, 0.1) is 12.8 Å². The maximum Gasteiger partial charge on any atom is 0.223 e. The van der Waals surface area contributed by atoms with E-state index in [0.29, 0.717) is 46.6 Å². The van der Waals surface area contributed by atoms with Crippen molar-refractivity contribution in [2.75, 3.05) is 26.2 Å². The fraction of sp³-hybridized carbons (Fsp3) is 0.526. The summed E-state index contributed by atoms with van der Waals surface area (Å²) in [6, 6.07) is 5.28. The molecule has 1 aromatic carbocycles. The summed E-state index contributed by atoms with van der Waals surface area (Å²) in [6.07, 6.45) is 2.06. The van der Waals surface area contributed by atoms with Gasteiger partial charge >= 0.3 is 0 Å². The van der Waals surface area contributed by atoms with Crippen molar-refractivity contribution in [2.24, 2.45) is 10.9 Å². The monoisotopic (exact) mass is 553 g/mol. The number of halogens is 3. The Morgan fingerprint density at radius 3 is 2.55 bits per heavy atom. The molecular formula is C19H26Cl2IN5O2. The summed E-state index contributed by atoms with van der Waals surface area (Å²) in [5, 5.41) is 8.41. The number of piperidine rings is 1. The van der Waals surface area contributed by atoms with E-state index < -0.39 is 0 Å². The molecule has 0 saturated carbocycles. The number of benzene rings is 1. The van der Waals surface area contributed by atoms with Crippen LogP contribution in [0.25, 0.3) is 0 Å². The molecule has 2 aromatic rings. The van der Waals surface area contributed by atoms with Crippen LogP contribution in [0.15, 0.2) is 27.7 Å². The van der Waals surface area contributed by atoms with Crippen LogP contribution >= 0.6 is 47.2 Å². The zero-order valence-electron chi connectivity index (χ0n) is 16.5. The molecule has 29 heavy (non-hydrogen) atoms. The van der Waals surface area contributed by atoms with Gasteiger partial charge in [-0.3, -0.25) is 0 Å². The number of hydrogen-bond acceptors (Lipinski definition) is 5. The lowest BCUT2D eigenvalue weighted by atomic mass is 9.98. The van der Waals surface area contributed by atoms with Gasteiger partial charge in [-0.15, -0.1) is 24.0 Å². The molecule has 7 nitrogen and oxygen atoms in total. The zero-order valence-corrected chi connectivity index (χ0v) is 20.4. The number of aromatic nitrogens is 2. The molecule has 0 amide bonds. The molecule has 1 aliphatic rings. The van der Waals surface area contributed by atoms with Crippen molar-refractivity contribution in [3.63, 3.8) is 0 Å². The summed E-state index contributed by atoms with van der Waals surface area (Å²) in [6.45, 7) is 7.53. The predicted molar refractivity (Wildman–Crippen MR) is 126 cm³/mol. The quantitative estimate of drug-likeness (QED) is 0.321. The van der Waals surface area contributed by atoms with E-state index in [4.69, 9.17) is 32.5 Å². The van der Waals surface area contributed by atoms with Crippen LogP contribution in [-0.4, -0.2) is 47.2 Å². The molecule has 2 heterocycles. The minimum Gasteiger partial charge on any atom is -0.493 e. The van der Waals surface area contributed by atoms with Gasteiger partial charge in [0.15, 0.2) is 11.8 Å².